The molecule has 56 valence electrons. The monoisotopic (exact) mass is 139 g/mol. The van der Waals surface area contributed by atoms with Crippen LogP contribution in [0.15, 0.2) is 0 Å². The van der Waals surface area contributed by atoms with E-state index in [1.807, 2.05) is 6.92 Å². The fraction of sp³-hybridized carbons (Fsp3) is 0.750. The highest BCUT2D eigenvalue weighted by molar-refractivity contribution is 4.97. The second-order valence-electron chi connectivity index (χ2n) is 2.49. The van der Waals surface area contributed by atoms with Crippen LogP contribution in [0, 0.1) is 12.3 Å². The first-order valence-corrected chi connectivity index (χ1v) is 3.62. The molecule has 10 heavy (non-hydrogen) atoms. The molecule has 0 radical (unpaired) electrons. The van der Waals surface area contributed by atoms with Crippen molar-refractivity contribution in [3.8, 4) is 12.3 Å². The molecule has 0 aromatic rings. The molecule has 1 aliphatic rings. The third-order valence-electron chi connectivity index (χ3n) is 1.83. The van der Waals surface area contributed by atoms with Crippen LogP contribution in [0.5, 0.6) is 0 Å². The Morgan fingerprint density at radius 1 is 1.50 bits per heavy atom. The standard InChI is InChI=1S/C8H13NO/c1-3-8(2)9-4-6-10-7-5-9/h1,8H,4-7H2,2H3/t8-/m0/s1. The molecule has 2 heteroatoms. The average Bonchev–Trinajstić information content (AvgIpc) is 2.05. The van der Waals surface area contributed by atoms with Crippen LogP contribution < -0.4 is 0 Å². The van der Waals surface area contributed by atoms with Gasteiger partial charge in [-0.05, 0) is 6.92 Å². The number of hydrogen-bond acceptors (Lipinski definition) is 2. The van der Waals surface area contributed by atoms with Gasteiger partial charge in [0.1, 0.15) is 0 Å². The molecule has 0 N–H and O–H groups in total. The van der Waals surface area contributed by atoms with E-state index in [-0.39, 0.29) is 6.04 Å². The molecular formula is C8H13NO. The molecule has 2 nitrogen and oxygen atoms in total. The fourth-order valence-electron chi connectivity index (χ4n) is 1.07. The zero-order valence-electron chi connectivity index (χ0n) is 6.34. The second-order valence-corrected chi connectivity index (χ2v) is 2.49. The molecular weight excluding hydrogens is 126 g/mol. The first-order valence-electron chi connectivity index (χ1n) is 3.62. The molecule has 0 bridgehead atoms. The highest BCUT2D eigenvalue weighted by atomic mass is 16.5. The number of terminal acetylenes is 1. The van der Waals surface area contributed by atoms with Gasteiger partial charge >= 0.3 is 0 Å². The van der Waals surface area contributed by atoms with Crippen LogP contribution in [0.1, 0.15) is 6.92 Å². The van der Waals surface area contributed by atoms with Crippen LogP contribution in [-0.2, 0) is 4.74 Å². The van der Waals surface area contributed by atoms with Crippen molar-refractivity contribution >= 4 is 0 Å². The molecule has 0 aromatic heterocycles. The van der Waals surface area contributed by atoms with E-state index in [2.05, 4.69) is 10.8 Å². The maximum atomic E-state index is 5.27. The minimum absolute atomic E-state index is 0.267. The summed E-state index contributed by atoms with van der Waals surface area (Å²) in [5.41, 5.74) is 0. The lowest BCUT2D eigenvalue weighted by Crippen LogP contribution is -2.41. The first kappa shape index (κ1) is 7.59. The van der Waals surface area contributed by atoms with Crippen molar-refractivity contribution in [3.05, 3.63) is 0 Å². The Kier molecular flexibility index (Phi) is 2.73. The third-order valence-corrected chi connectivity index (χ3v) is 1.83. The van der Waals surface area contributed by atoms with Crippen LogP contribution in [0.2, 0.25) is 0 Å². The highest BCUT2D eigenvalue weighted by Crippen LogP contribution is 2.01. The smallest absolute Gasteiger partial charge is 0.0684 e. The maximum absolute atomic E-state index is 5.27. The van der Waals surface area contributed by atoms with Gasteiger partial charge < -0.3 is 4.74 Å². The van der Waals surface area contributed by atoms with Gasteiger partial charge in [0, 0.05) is 13.1 Å². The van der Waals surface area contributed by atoms with E-state index in [9.17, 15) is 0 Å². The number of hydrogen-bond donors (Lipinski definition) is 0. The summed E-state index contributed by atoms with van der Waals surface area (Å²) in [6.45, 7) is 5.65. The summed E-state index contributed by atoms with van der Waals surface area (Å²) in [5, 5.41) is 0. The molecule has 0 aromatic carbocycles. The van der Waals surface area contributed by atoms with Gasteiger partial charge in [-0.15, -0.1) is 6.42 Å². The normalized spacial score (nSPS) is 23.6. The van der Waals surface area contributed by atoms with Crippen molar-refractivity contribution in [2.75, 3.05) is 26.3 Å². The molecule has 1 heterocycles. The fourth-order valence-corrected chi connectivity index (χ4v) is 1.07. The summed E-state index contributed by atoms with van der Waals surface area (Å²) in [6.07, 6.45) is 5.27. The lowest BCUT2D eigenvalue weighted by Gasteiger charge is -2.29. The number of nitrogens with zero attached hydrogens (tertiary/aromatic N) is 1. The zero-order chi connectivity index (χ0) is 7.40. The lowest BCUT2D eigenvalue weighted by molar-refractivity contribution is 0.0302. The topological polar surface area (TPSA) is 12.5 Å². The number of ether oxygens (including phenoxy) is 1. The summed E-state index contributed by atoms with van der Waals surface area (Å²) >= 11 is 0. The van der Waals surface area contributed by atoms with Crippen molar-refractivity contribution < 1.29 is 4.74 Å². The molecule has 1 aliphatic heterocycles. The van der Waals surface area contributed by atoms with E-state index in [0.29, 0.717) is 0 Å². The van der Waals surface area contributed by atoms with Crippen LogP contribution in [0.3, 0.4) is 0 Å². The molecule has 1 atom stereocenters. The Bertz CT molecular complexity index is 133. The molecule has 0 saturated carbocycles. The van der Waals surface area contributed by atoms with Gasteiger partial charge in [0.15, 0.2) is 0 Å². The van der Waals surface area contributed by atoms with Gasteiger partial charge in [0.25, 0.3) is 0 Å². The Morgan fingerprint density at radius 3 is 2.60 bits per heavy atom. The largest absolute Gasteiger partial charge is 0.379 e. The first-order chi connectivity index (χ1) is 4.84. The van der Waals surface area contributed by atoms with Gasteiger partial charge in [-0.3, -0.25) is 4.90 Å². The predicted octanol–water partition coefficient (Wildman–Crippen LogP) is 0.340. The van der Waals surface area contributed by atoms with Crippen molar-refractivity contribution in [3.63, 3.8) is 0 Å². The summed E-state index contributed by atoms with van der Waals surface area (Å²) in [6, 6.07) is 0.267. The summed E-state index contributed by atoms with van der Waals surface area (Å²) < 4.78 is 5.18. The van der Waals surface area contributed by atoms with E-state index in [1.54, 1.807) is 0 Å². The van der Waals surface area contributed by atoms with Crippen molar-refractivity contribution in [1.82, 2.24) is 4.90 Å². The Labute approximate surface area is 62.2 Å². The molecule has 0 aliphatic carbocycles. The van der Waals surface area contributed by atoms with E-state index in [0.717, 1.165) is 26.3 Å². The lowest BCUT2D eigenvalue weighted by atomic mass is 10.3. The van der Waals surface area contributed by atoms with E-state index >= 15 is 0 Å². The van der Waals surface area contributed by atoms with E-state index in [4.69, 9.17) is 11.2 Å². The van der Waals surface area contributed by atoms with E-state index in [1.165, 1.54) is 0 Å². The zero-order valence-corrected chi connectivity index (χ0v) is 6.34. The maximum Gasteiger partial charge on any atom is 0.0684 e. The van der Waals surface area contributed by atoms with Gasteiger partial charge in [0.2, 0.25) is 0 Å². The molecule has 1 fully saturated rings. The molecule has 0 spiro atoms. The number of rotatable bonds is 1. The Morgan fingerprint density at radius 2 is 2.10 bits per heavy atom. The van der Waals surface area contributed by atoms with Crippen LogP contribution >= 0.6 is 0 Å². The van der Waals surface area contributed by atoms with Gasteiger partial charge in [-0.25, -0.2) is 0 Å². The quantitative estimate of drug-likeness (QED) is 0.486. The third kappa shape index (κ3) is 1.73. The second kappa shape index (κ2) is 3.60. The Balaban J connectivity index is 2.33. The molecule has 1 saturated heterocycles. The van der Waals surface area contributed by atoms with Gasteiger partial charge in [-0.1, -0.05) is 5.92 Å². The summed E-state index contributed by atoms with van der Waals surface area (Å²) in [4.78, 5) is 2.25. The van der Waals surface area contributed by atoms with Gasteiger partial charge in [0.05, 0.1) is 19.3 Å². The summed E-state index contributed by atoms with van der Waals surface area (Å²) in [7, 11) is 0. The Hall–Kier alpha value is -0.520. The molecule has 1 rings (SSSR count). The van der Waals surface area contributed by atoms with Crippen LogP contribution in [0.4, 0.5) is 0 Å². The predicted molar refractivity (Wildman–Crippen MR) is 40.7 cm³/mol. The minimum atomic E-state index is 0.267. The molecule has 0 unspecified atom stereocenters. The highest BCUT2D eigenvalue weighted by Gasteiger charge is 2.13. The van der Waals surface area contributed by atoms with E-state index < -0.39 is 0 Å². The average molecular weight is 139 g/mol. The van der Waals surface area contributed by atoms with Crippen LogP contribution in [0.25, 0.3) is 0 Å². The molecule has 0 amide bonds. The van der Waals surface area contributed by atoms with Gasteiger partial charge in [-0.2, -0.15) is 0 Å². The van der Waals surface area contributed by atoms with Crippen LogP contribution in [-0.4, -0.2) is 37.2 Å². The minimum Gasteiger partial charge on any atom is -0.379 e. The number of morpholine rings is 1. The van der Waals surface area contributed by atoms with Crippen molar-refractivity contribution in [2.45, 2.75) is 13.0 Å². The van der Waals surface area contributed by atoms with Crippen molar-refractivity contribution in [1.29, 1.82) is 0 Å². The summed E-state index contributed by atoms with van der Waals surface area (Å²) in [5.74, 6) is 2.70. The van der Waals surface area contributed by atoms with Crippen molar-refractivity contribution in [2.24, 2.45) is 0 Å². The SMILES string of the molecule is C#C[C@H](C)N1CCOCC1.